The maximum atomic E-state index is 13.3. The van der Waals surface area contributed by atoms with Gasteiger partial charge in [-0.1, -0.05) is 42.5 Å². The molecule has 1 aliphatic carbocycles. The van der Waals surface area contributed by atoms with Gasteiger partial charge in [-0.05, 0) is 81.2 Å². The van der Waals surface area contributed by atoms with Crippen molar-refractivity contribution < 1.29 is 9.59 Å². The van der Waals surface area contributed by atoms with E-state index >= 15 is 0 Å². The zero-order valence-electron chi connectivity index (χ0n) is 22.3. The van der Waals surface area contributed by atoms with Crippen LogP contribution in [0.4, 0.5) is 0 Å². The number of aryl methyl sites for hydroxylation is 1. The van der Waals surface area contributed by atoms with E-state index in [1.54, 1.807) is 19.0 Å². The molecule has 2 aliphatic rings. The van der Waals surface area contributed by atoms with Crippen molar-refractivity contribution in [1.29, 1.82) is 0 Å². The lowest BCUT2D eigenvalue weighted by atomic mass is 9.81. The number of rotatable bonds is 7. The van der Waals surface area contributed by atoms with Crippen LogP contribution in [0, 0.1) is 18.3 Å². The van der Waals surface area contributed by atoms with Crippen LogP contribution in [-0.2, 0) is 16.8 Å². The Hall–Kier alpha value is -2.66. The number of likely N-dealkylation sites (tertiary alicyclic amines) is 1. The molecule has 1 heterocycles. The van der Waals surface area contributed by atoms with Crippen LogP contribution in [0.5, 0.6) is 0 Å². The van der Waals surface area contributed by atoms with Gasteiger partial charge in [0.15, 0.2) is 0 Å². The first-order valence-corrected chi connectivity index (χ1v) is 12.9. The van der Waals surface area contributed by atoms with E-state index in [0.29, 0.717) is 11.3 Å². The summed E-state index contributed by atoms with van der Waals surface area (Å²) in [5.41, 5.74) is 4.08. The van der Waals surface area contributed by atoms with E-state index in [4.69, 9.17) is 0 Å². The van der Waals surface area contributed by atoms with Gasteiger partial charge in [-0.25, -0.2) is 0 Å². The highest BCUT2D eigenvalue weighted by molar-refractivity contribution is 5.95. The Morgan fingerprint density at radius 3 is 2.29 bits per heavy atom. The molecule has 0 aromatic heterocycles. The monoisotopic (exact) mass is 475 g/mol. The summed E-state index contributed by atoms with van der Waals surface area (Å²) in [5.74, 6) is 1.02. The minimum Gasteiger partial charge on any atom is -0.345 e. The Morgan fingerprint density at radius 1 is 1.03 bits per heavy atom. The van der Waals surface area contributed by atoms with Crippen LogP contribution in [0.3, 0.4) is 0 Å². The Kier molecular flexibility index (Phi) is 7.10. The van der Waals surface area contributed by atoms with Crippen molar-refractivity contribution in [2.24, 2.45) is 11.3 Å². The van der Waals surface area contributed by atoms with E-state index in [-0.39, 0.29) is 11.8 Å². The summed E-state index contributed by atoms with van der Waals surface area (Å²) < 4.78 is 0. The Morgan fingerprint density at radius 2 is 1.69 bits per heavy atom. The highest BCUT2D eigenvalue weighted by Crippen LogP contribution is 2.59. The van der Waals surface area contributed by atoms with E-state index in [1.165, 1.54) is 12.0 Å². The lowest BCUT2D eigenvalue weighted by Gasteiger charge is -2.38. The van der Waals surface area contributed by atoms with Crippen LogP contribution in [0.15, 0.2) is 48.5 Å². The molecule has 1 saturated heterocycles. The number of hydrogen-bond donors (Lipinski definition) is 0. The second-order valence-corrected chi connectivity index (χ2v) is 11.6. The van der Waals surface area contributed by atoms with Crippen molar-refractivity contribution in [3.8, 4) is 0 Å². The average molecular weight is 476 g/mol. The van der Waals surface area contributed by atoms with Gasteiger partial charge >= 0.3 is 0 Å². The molecule has 0 N–H and O–H groups in total. The second kappa shape index (κ2) is 9.77. The molecule has 35 heavy (non-hydrogen) atoms. The maximum Gasteiger partial charge on any atom is 0.253 e. The van der Waals surface area contributed by atoms with Gasteiger partial charge in [0.05, 0.1) is 5.41 Å². The van der Waals surface area contributed by atoms with Crippen molar-refractivity contribution in [2.75, 3.05) is 40.8 Å². The SMILES string of the molecule is Cc1cc(CN(C)CC2CC23CCN(C(=O)C(C)(C)c2ccccc2)CC3)ccc1C(=O)N(C)C. The van der Waals surface area contributed by atoms with Crippen molar-refractivity contribution in [2.45, 2.75) is 52.0 Å². The van der Waals surface area contributed by atoms with E-state index in [9.17, 15) is 9.59 Å². The average Bonchev–Trinajstić information content (AvgIpc) is 3.49. The predicted molar refractivity (Wildman–Crippen MR) is 141 cm³/mol. The minimum atomic E-state index is -0.486. The molecule has 1 atom stereocenters. The van der Waals surface area contributed by atoms with Crippen LogP contribution in [0.1, 0.15) is 60.2 Å². The molecule has 5 nitrogen and oxygen atoms in total. The summed E-state index contributed by atoms with van der Waals surface area (Å²) in [6.07, 6.45) is 3.50. The molecule has 188 valence electrons. The van der Waals surface area contributed by atoms with Gasteiger partial charge in [0.1, 0.15) is 0 Å². The van der Waals surface area contributed by atoms with Crippen LogP contribution < -0.4 is 0 Å². The summed E-state index contributed by atoms with van der Waals surface area (Å²) in [7, 11) is 5.78. The number of amides is 2. The minimum absolute atomic E-state index is 0.0549. The lowest BCUT2D eigenvalue weighted by molar-refractivity contribution is -0.138. The molecule has 2 aromatic carbocycles. The van der Waals surface area contributed by atoms with E-state index in [1.807, 2.05) is 31.2 Å². The third kappa shape index (κ3) is 5.30. The molecule has 1 spiro atoms. The number of carbonyl (C=O) groups is 2. The molecule has 5 heteroatoms. The van der Waals surface area contributed by atoms with Crippen molar-refractivity contribution in [3.05, 3.63) is 70.8 Å². The van der Waals surface area contributed by atoms with Gasteiger partial charge in [-0.2, -0.15) is 0 Å². The van der Waals surface area contributed by atoms with Crippen LogP contribution >= 0.6 is 0 Å². The fourth-order valence-corrected chi connectivity index (χ4v) is 5.89. The van der Waals surface area contributed by atoms with Gasteiger partial charge in [0, 0.05) is 45.8 Å². The maximum absolute atomic E-state index is 13.3. The van der Waals surface area contributed by atoms with Gasteiger partial charge in [0.2, 0.25) is 5.91 Å². The highest BCUT2D eigenvalue weighted by atomic mass is 16.2. The van der Waals surface area contributed by atoms with Gasteiger partial charge in [-0.3, -0.25) is 9.59 Å². The molecule has 2 amide bonds. The molecule has 1 aliphatic heterocycles. The van der Waals surface area contributed by atoms with Gasteiger partial charge in [0.25, 0.3) is 5.91 Å². The number of piperidine rings is 1. The van der Waals surface area contributed by atoms with Crippen LogP contribution in [0.25, 0.3) is 0 Å². The van der Waals surface area contributed by atoms with E-state index in [0.717, 1.165) is 55.7 Å². The summed E-state index contributed by atoms with van der Waals surface area (Å²) in [6, 6.07) is 16.3. The number of nitrogens with zero attached hydrogens (tertiary/aromatic N) is 3. The van der Waals surface area contributed by atoms with E-state index < -0.39 is 5.41 Å². The molecule has 2 aromatic rings. The Labute approximate surface area is 211 Å². The first-order valence-electron chi connectivity index (χ1n) is 12.9. The third-order valence-corrected chi connectivity index (χ3v) is 8.35. The number of benzene rings is 2. The summed E-state index contributed by atoms with van der Waals surface area (Å²) in [5, 5.41) is 0. The van der Waals surface area contributed by atoms with Gasteiger partial charge in [-0.15, -0.1) is 0 Å². The second-order valence-electron chi connectivity index (χ2n) is 11.6. The Bertz CT molecular complexity index is 1070. The lowest BCUT2D eigenvalue weighted by Crippen LogP contribution is -2.47. The fraction of sp³-hybridized carbons (Fsp3) is 0.533. The predicted octanol–water partition coefficient (Wildman–Crippen LogP) is 4.74. The van der Waals surface area contributed by atoms with E-state index in [2.05, 4.69) is 55.0 Å². The molecule has 0 radical (unpaired) electrons. The van der Waals surface area contributed by atoms with Crippen molar-refractivity contribution in [3.63, 3.8) is 0 Å². The molecular weight excluding hydrogens is 434 g/mol. The zero-order valence-corrected chi connectivity index (χ0v) is 22.3. The zero-order chi connectivity index (χ0) is 25.4. The number of hydrogen-bond acceptors (Lipinski definition) is 3. The van der Waals surface area contributed by atoms with Crippen molar-refractivity contribution in [1.82, 2.24) is 14.7 Å². The summed E-state index contributed by atoms with van der Waals surface area (Å²) >= 11 is 0. The topological polar surface area (TPSA) is 43.9 Å². The Balaban J connectivity index is 1.28. The standard InChI is InChI=1S/C30H41N3O2/c1-22-18-23(12-13-26(22)27(34)31(4)5)20-32(6)21-25-19-30(25)14-16-33(17-15-30)28(35)29(2,3)24-10-8-7-9-11-24/h7-13,18,25H,14-17,19-21H2,1-6H3. The molecule has 0 bridgehead atoms. The first-order chi connectivity index (χ1) is 16.5. The largest absolute Gasteiger partial charge is 0.345 e. The normalized spacial score (nSPS) is 19.2. The third-order valence-electron chi connectivity index (χ3n) is 8.35. The van der Waals surface area contributed by atoms with Crippen molar-refractivity contribution >= 4 is 11.8 Å². The summed E-state index contributed by atoms with van der Waals surface area (Å²) in [4.78, 5) is 31.8. The highest BCUT2D eigenvalue weighted by Gasteiger charge is 2.55. The molecular formula is C30H41N3O2. The fourth-order valence-electron chi connectivity index (χ4n) is 5.89. The van der Waals surface area contributed by atoms with Crippen LogP contribution in [-0.4, -0.2) is 67.3 Å². The molecule has 1 saturated carbocycles. The number of carbonyl (C=O) groups excluding carboxylic acids is 2. The first kappa shape index (κ1) is 25.4. The summed E-state index contributed by atoms with van der Waals surface area (Å²) in [6.45, 7) is 9.83. The van der Waals surface area contributed by atoms with Crippen LogP contribution in [0.2, 0.25) is 0 Å². The smallest absolute Gasteiger partial charge is 0.253 e. The molecule has 4 rings (SSSR count). The molecule has 1 unspecified atom stereocenters. The quantitative estimate of drug-likeness (QED) is 0.581. The van der Waals surface area contributed by atoms with Gasteiger partial charge < -0.3 is 14.7 Å². The molecule has 2 fully saturated rings.